The first-order valence-electron chi connectivity index (χ1n) is 4.66. The molecule has 1 rings (SSSR count). The quantitative estimate of drug-likeness (QED) is 0.608. The lowest BCUT2D eigenvalue weighted by Gasteiger charge is -2.23. The zero-order chi connectivity index (χ0) is 10.4. The number of hydrogen-bond donors (Lipinski definition) is 1. The average Bonchev–Trinajstić information content (AvgIpc) is 2.13. The van der Waals surface area contributed by atoms with Gasteiger partial charge in [-0.1, -0.05) is 0 Å². The number of nitrogens with one attached hydrogen (secondary N) is 1. The molecule has 1 heterocycles. The monoisotopic (exact) mass is 223 g/mol. The predicted octanol–water partition coefficient (Wildman–Crippen LogP) is -0.964. The average molecular weight is 223 g/mol. The van der Waals surface area contributed by atoms with Gasteiger partial charge in [0.05, 0.1) is 31.7 Å². The SMILES string of the molecule is CS(=O)(=O)CCOCC1CNCCO1. The van der Waals surface area contributed by atoms with Crippen LogP contribution in [0.15, 0.2) is 0 Å². The van der Waals surface area contributed by atoms with Crippen molar-refractivity contribution in [2.75, 3.05) is 44.9 Å². The van der Waals surface area contributed by atoms with E-state index in [4.69, 9.17) is 9.47 Å². The second kappa shape index (κ2) is 5.65. The number of hydrogen-bond acceptors (Lipinski definition) is 5. The van der Waals surface area contributed by atoms with Gasteiger partial charge in [-0.15, -0.1) is 0 Å². The van der Waals surface area contributed by atoms with Gasteiger partial charge in [0.1, 0.15) is 9.84 Å². The summed E-state index contributed by atoms with van der Waals surface area (Å²) in [7, 11) is -2.91. The molecule has 14 heavy (non-hydrogen) atoms. The normalized spacial score (nSPS) is 23.6. The molecule has 1 saturated heterocycles. The molecule has 0 spiro atoms. The minimum Gasteiger partial charge on any atom is -0.378 e. The summed E-state index contributed by atoms with van der Waals surface area (Å²) >= 11 is 0. The van der Waals surface area contributed by atoms with E-state index in [-0.39, 0.29) is 18.5 Å². The molecule has 0 aromatic heterocycles. The maximum atomic E-state index is 10.8. The van der Waals surface area contributed by atoms with Gasteiger partial charge >= 0.3 is 0 Å². The van der Waals surface area contributed by atoms with Crippen LogP contribution in [0.4, 0.5) is 0 Å². The van der Waals surface area contributed by atoms with E-state index in [1.807, 2.05) is 0 Å². The third kappa shape index (κ3) is 5.54. The summed E-state index contributed by atoms with van der Waals surface area (Å²) in [6.07, 6.45) is 1.26. The van der Waals surface area contributed by atoms with E-state index in [1.54, 1.807) is 0 Å². The molecule has 1 atom stereocenters. The van der Waals surface area contributed by atoms with Gasteiger partial charge < -0.3 is 14.8 Å². The van der Waals surface area contributed by atoms with E-state index in [0.29, 0.717) is 13.2 Å². The van der Waals surface area contributed by atoms with Crippen molar-refractivity contribution in [2.45, 2.75) is 6.10 Å². The van der Waals surface area contributed by atoms with Gasteiger partial charge in [0.25, 0.3) is 0 Å². The molecule has 0 aromatic carbocycles. The fourth-order valence-electron chi connectivity index (χ4n) is 1.15. The zero-order valence-electron chi connectivity index (χ0n) is 8.36. The molecule has 0 aromatic rings. The van der Waals surface area contributed by atoms with Crippen LogP contribution in [0.5, 0.6) is 0 Å². The topological polar surface area (TPSA) is 64.6 Å². The molecule has 1 unspecified atom stereocenters. The fourth-order valence-corrected chi connectivity index (χ4v) is 1.57. The van der Waals surface area contributed by atoms with Crippen molar-refractivity contribution in [1.82, 2.24) is 5.32 Å². The van der Waals surface area contributed by atoms with Crippen LogP contribution in [-0.4, -0.2) is 59.4 Å². The molecule has 1 aliphatic rings. The second-order valence-corrected chi connectivity index (χ2v) is 5.66. The van der Waals surface area contributed by atoms with E-state index in [2.05, 4.69) is 5.32 Å². The molecule has 0 aliphatic carbocycles. The van der Waals surface area contributed by atoms with Crippen molar-refractivity contribution < 1.29 is 17.9 Å². The van der Waals surface area contributed by atoms with Gasteiger partial charge in [-0.25, -0.2) is 8.42 Å². The van der Waals surface area contributed by atoms with Crippen molar-refractivity contribution in [3.8, 4) is 0 Å². The third-order valence-electron chi connectivity index (χ3n) is 1.91. The lowest BCUT2D eigenvalue weighted by molar-refractivity contribution is -0.0283. The molecule has 5 nitrogen and oxygen atoms in total. The van der Waals surface area contributed by atoms with E-state index in [9.17, 15) is 8.42 Å². The Morgan fingerprint density at radius 3 is 2.93 bits per heavy atom. The van der Waals surface area contributed by atoms with Gasteiger partial charge in [-0.3, -0.25) is 0 Å². The Kier molecular flexibility index (Phi) is 4.80. The molecule has 84 valence electrons. The molecule has 0 amide bonds. The summed E-state index contributed by atoms with van der Waals surface area (Å²) in [5.74, 6) is 0.0765. The maximum Gasteiger partial charge on any atom is 0.149 e. The van der Waals surface area contributed by atoms with Crippen LogP contribution in [0.3, 0.4) is 0 Å². The number of ether oxygens (including phenoxy) is 2. The molecule has 6 heteroatoms. The minimum atomic E-state index is -2.91. The molecule has 1 N–H and O–H groups in total. The Morgan fingerprint density at radius 2 is 2.36 bits per heavy atom. The molecule has 1 fully saturated rings. The third-order valence-corrected chi connectivity index (χ3v) is 2.81. The van der Waals surface area contributed by atoms with Crippen LogP contribution in [-0.2, 0) is 19.3 Å². The zero-order valence-corrected chi connectivity index (χ0v) is 9.18. The Morgan fingerprint density at radius 1 is 1.57 bits per heavy atom. The van der Waals surface area contributed by atoms with Crippen molar-refractivity contribution in [3.63, 3.8) is 0 Å². The minimum absolute atomic E-state index is 0.0586. The fraction of sp³-hybridized carbons (Fsp3) is 1.00. The first-order valence-corrected chi connectivity index (χ1v) is 6.72. The van der Waals surface area contributed by atoms with Crippen LogP contribution in [0.25, 0.3) is 0 Å². The lowest BCUT2D eigenvalue weighted by atomic mass is 10.3. The molecular formula is C8H17NO4S. The van der Waals surface area contributed by atoms with Crippen LogP contribution < -0.4 is 5.32 Å². The summed E-state index contributed by atoms with van der Waals surface area (Å²) < 4.78 is 32.1. The predicted molar refractivity (Wildman–Crippen MR) is 53.1 cm³/mol. The highest BCUT2D eigenvalue weighted by atomic mass is 32.2. The summed E-state index contributed by atoms with van der Waals surface area (Å²) in [5.41, 5.74) is 0. The number of sulfone groups is 1. The van der Waals surface area contributed by atoms with E-state index in [1.165, 1.54) is 6.26 Å². The van der Waals surface area contributed by atoms with Gasteiger partial charge in [-0.05, 0) is 0 Å². The van der Waals surface area contributed by atoms with Gasteiger partial charge in [0.2, 0.25) is 0 Å². The van der Waals surface area contributed by atoms with Crippen molar-refractivity contribution >= 4 is 9.84 Å². The highest BCUT2D eigenvalue weighted by Gasteiger charge is 2.13. The largest absolute Gasteiger partial charge is 0.378 e. The Labute approximate surface area is 84.7 Å². The first-order chi connectivity index (χ1) is 6.58. The van der Waals surface area contributed by atoms with Crippen LogP contribution in [0.2, 0.25) is 0 Å². The lowest BCUT2D eigenvalue weighted by Crippen LogP contribution is -2.41. The summed E-state index contributed by atoms with van der Waals surface area (Å²) in [6, 6.07) is 0. The van der Waals surface area contributed by atoms with Crippen molar-refractivity contribution in [2.24, 2.45) is 0 Å². The van der Waals surface area contributed by atoms with Crippen LogP contribution in [0.1, 0.15) is 0 Å². The highest BCUT2D eigenvalue weighted by molar-refractivity contribution is 7.90. The number of morpholine rings is 1. The van der Waals surface area contributed by atoms with E-state index in [0.717, 1.165) is 13.1 Å². The van der Waals surface area contributed by atoms with Crippen LogP contribution in [0, 0.1) is 0 Å². The molecule has 1 aliphatic heterocycles. The van der Waals surface area contributed by atoms with Gasteiger partial charge in [0.15, 0.2) is 0 Å². The number of rotatable bonds is 5. The summed E-state index contributed by atoms with van der Waals surface area (Å²) in [5, 5.41) is 3.17. The van der Waals surface area contributed by atoms with Gasteiger partial charge in [0, 0.05) is 19.3 Å². The molecule has 0 saturated carbocycles. The maximum absolute atomic E-state index is 10.8. The Bertz CT molecular complexity index is 246. The molecular weight excluding hydrogens is 206 g/mol. The molecule has 0 bridgehead atoms. The Hall–Kier alpha value is -0.170. The molecule has 0 radical (unpaired) electrons. The summed E-state index contributed by atoms with van der Waals surface area (Å²) in [4.78, 5) is 0. The van der Waals surface area contributed by atoms with E-state index < -0.39 is 9.84 Å². The van der Waals surface area contributed by atoms with E-state index >= 15 is 0 Å². The smallest absolute Gasteiger partial charge is 0.149 e. The standard InChI is InChI=1S/C8H17NO4S/c1-14(10,11)5-4-12-7-8-6-9-2-3-13-8/h8-9H,2-7H2,1H3. The second-order valence-electron chi connectivity index (χ2n) is 3.40. The summed E-state index contributed by atoms with van der Waals surface area (Å²) in [6.45, 7) is 3.06. The first kappa shape index (κ1) is 11.9. The van der Waals surface area contributed by atoms with Crippen molar-refractivity contribution in [1.29, 1.82) is 0 Å². The highest BCUT2D eigenvalue weighted by Crippen LogP contribution is 1.96. The van der Waals surface area contributed by atoms with Gasteiger partial charge in [-0.2, -0.15) is 0 Å². The van der Waals surface area contributed by atoms with Crippen molar-refractivity contribution in [3.05, 3.63) is 0 Å². The Balaban J connectivity index is 2.03. The van der Waals surface area contributed by atoms with Crippen LogP contribution >= 0.6 is 0 Å².